The molecule has 2 rings (SSSR count). The highest BCUT2D eigenvalue weighted by molar-refractivity contribution is 7.90. The van der Waals surface area contributed by atoms with Crippen LogP contribution in [-0.2, 0) is 14.8 Å². The Kier molecular flexibility index (Phi) is 7.85. The SMILES string of the molecule is CCCCC(CN)NC(=O)CN(C)C1=NS(=O)(=O)c2ccccc21.Cl. The van der Waals surface area contributed by atoms with Gasteiger partial charge in [-0.2, -0.15) is 8.42 Å². The van der Waals surface area contributed by atoms with E-state index in [9.17, 15) is 13.2 Å². The molecule has 9 heteroatoms. The van der Waals surface area contributed by atoms with Gasteiger partial charge in [0.05, 0.1) is 6.54 Å². The molecule has 1 aromatic carbocycles. The minimum absolute atomic E-state index is 0. The minimum atomic E-state index is -3.68. The zero-order valence-electron chi connectivity index (χ0n) is 14.4. The number of hydrogen-bond acceptors (Lipinski definition) is 5. The Balaban J connectivity index is 0.00000312. The third-order valence-electron chi connectivity index (χ3n) is 3.91. The fourth-order valence-corrected chi connectivity index (χ4v) is 3.88. The van der Waals surface area contributed by atoms with E-state index < -0.39 is 10.0 Å². The molecule has 1 heterocycles. The topological polar surface area (TPSA) is 105 Å². The van der Waals surface area contributed by atoms with Gasteiger partial charge >= 0.3 is 0 Å². The zero-order chi connectivity index (χ0) is 17.7. The average molecular weight is 389 g/mol. The summed E-state index contributed by atoms with van der Waals surface area (Å²) in [5.74, 6) is 0.0899. The van der Waals surface area contributed by atoms with Crippen LogP contribution in [0.3, 0.4) is 0 Å². The Morgan fingerprint density at radius 2 is 2.04 bits per heavy atom. The summed E-state index contributed by atoms with van der Waals surface area (Å²) in [5.41, 5.74) is 6.20. The number of likely N-dealkylation sites (N-methyl/N-ethyl adjacent to an activating group) is 1. The largest absolute Gasteiger partial charge is 0.351 e. The van der Waals surface area contributed by atoms with Crippen LogP contribution in [0.5, 0.6) is 0 Å². The quantitative estimate of drug-likeness (QED) is 0.728. The second kappa shape index (κ2) is 9.17. The van der Waals surface area contributed by atoms with Gasteiger partial charge < -0.3 is 16.0 Å². The smallest absolute Gasteiger partial charge is 0.285 e. The summed E-state index contributed by atoms with van der Waals surface area (Å²) in [6, 6.07) is 6.55. The van der Waals surface area contributed by atoms with E-state index in [1.807, 2.05) is 0 Å². The Labute approximate surface area is 155 Å². The summed E-state index contributed by atoms with van der Waals surface area (Å²) in [4.78, 5) is 13.9. The fourth-order valence-electron chi connectivity index (χ4n) is 2.63. The maximum Gasteiger partial charge on any atom is 0.285 e. The molecular weight excluding hydrogens is 364 g/mol. The number of nitrogens with two attached hydrogens (primary N) is 1. The monoisotopic (exact) mass is 388 g/mol. The van der Waals surface area contributed by atoms with Crippen molar-refractivity contribution in [2.45, 2.75) is 37.1 Å². The normalized spacial score (nSPS) is 15.6. The maximum absolute atomic E-state index is 12.2. The van der Waals surface area contributed by atoms with Gasteiger partial charge in [-0.25, -0.2) is 0 Å². The molecule has 0 aliphatic carbocycles. The third kappa shape index (κ3) is 5.17. The average Bonchev–Trinajstić information content (AvgIpc) is 2.83. The van der Waals surface area contributed by atoms with Crippen molar-refractivity contribution in [1.82, 2.24) is 10.2 Å². The summed E-state index contributed by atoms with van der Waals surface area (Å²) in [6.45, 7) is 2.48. The lowest BCUT2D eigenvalue weighted by Gasteiger charge is -2.21. The van der Waals surface area contributed by atoms with Crippen LogP contribution in [-0.4, -0.2) is 51.2 Å². The van der Waals surface area contributed by atoms with E-state index in [4.69, 9.17) is 5.73 Å². The first-order valence-electron chi connectivity index (χ1n) is 8.04. The number of unbranched alkanes of at least 4 members (excludes halogenated alkanes) is 1. The standard InChI is InChI=1S/C16H24N4O3S.ClH/c1-3-4-7-12(10-17)18-15(21)11-20(2)16-13-8-5-6-9-14(13)24(22,23)19-16;/h5-6,8-9,12H,3-4,7,10-11,17H2,1-2H3,(H,18,21);1H. The first kappa shape index (κ1) is 21.4. The van der Waals surface area contributed by atoms with Crippen LogP contribution in [0.15, 0.2) is 33.6 Å². The van der Waals surface area contributed by atoms with Crippen molar-refractivity contribution in [2.24, 2.45) is 10.1 Å². The molecule has 1 unspecified atom stereocenters. The Bertz CT molecular complexity index is 737. The Morgan fingerprint density at radius 3 is 2.68 bits per heavy atom. The van der Waals surface area contributed by atoms with Crippen molar-refractivity contribution in [3.8, 4) is 0 Å². The van der Waals surface area contributed by atoms with Crippen molar-refractivity contribution < 1.29 is 13.2 Å². The Hall–Kier alpha value is -1.64. The number of sulfonamides is 1. The number of fused-ring (bicyclic) bond motifs is 1. The first-order valence-corrected chi connectivity index (χ1v) is 9.48. The number of amidine groups is 1. The van der Waals surface area contributed by atoms with E-state index in [2.05, 4.69) is 16.6 Å². The number of carbonyl (C=O) groups is 1. The van der Waals surface area contributed by atoms with E-state index in [-0.39, 0.29) is 35.8 Å². The van der Waals surface area contributed by atoms with Gasteiger partial charge in [0.1, 0.15) is 4.90 Å². The van der Waals surface area contributed by atoms with E-state index in [1.54, 1.807) is 30.1 Å². The molecule has 1 aliphatic rings. The molecule has 3 N–H and O–H groups in total. The summed E-state index contributed by atoms with van der Waals surface area (Å²) in [6.07, 6.45) is 2.87. The van der Waals surface area contributed by atoms with Crippen molar-refractivity contribution in [1.29, 1.82) is 0 Å². The number of halogens is 1. The summed E-state index contributed by atoms with van der Waals surface area (Å²) in [7, 11) is -2.03. The summed E-state index contributed by atoms with van der Waals surface area (Å²) in [5, 5.41) is 2.89. The van der Waals surface area contributed by atoms with Crippen LogP contribution in [0.1, 0.15) is 31.7 Å². The molecule has 7 nitrogen and oxygen atoms in total. The number of benzene rings is 1. The van der Waals surface area contributed by atoms with Gasteiger partial charge in [-0.05, 0) is 18.6 Å². The number of nitrogens with zero attached hydrogens (tertiary/aromatic N) is 2. The second-order valence-electron chi connectivity index (χ2n) is 5.88. The minimum Gasteiger partial charge on any atom is -0.351 e. The molecule has 0 spiro atoms. The lowest BCUT2D eigenvalue weighted by atomic mass is 10.1. The van der Waals surface area contributed by atoms with Gasteiger partial charge in [0.15, 0.2) is 5.84 Å². The van der Waals surface area contributed by atoms with Crippen LogP contribution in [0.25, 0.3) is 0 Å². The number of carbonyl (C=O) groups excluding carboxylic acids is 1. The Morgan fingerprint density at radius 1 is 1.36 bits per heavy atom. The highest BCUT2D eigenvalue weighted by atomic mass is 35.5. The highest BCUT2D eigenvalue weighted by Crippen LogP contribution is 2.26. The van der Waals surface area contributed by atoms with Crippen LogP contribution < -0.4 is 11.1 Å². The van der Waals surface area contributed by atoms with Crippen LogP contribution in [0.4, 0.5) is 0 Å². The van der Waals surface area contributed by atoms with Crippen molar-refractivity contribution >= 4 is 34.2 Å². The van der Waals surface area contributed by atoms with E-state index in [0.717, 1.165) is 19.3 Å². The van der Waals surface area contributed by atoms with Crippen LogP contribution in [0.2, 0.25) is 0 Å². The molecule has 1 aliphatic heterocycles. The molecule has 0 aromatic heterocycles. The fraction of sp³-hybridized carbons (Fsp3) is 0.500. The first-order chi connectivity index (χ1) is 11.4. The molecule has 1 atom stereocenters. The van der Waals surface area contributed by atoms with Crippen LogP contribution in [0, 0.1) is 0 Å². The number of rotatable bonds is 7. The zero-order valence-corrected chi connectivity index (χ0v) is 16.1. The molecule has 25 heavy (non-hydrogen) atoms. The van der Waals surface area contributed by atoms with Crippen molar-refractivity contribution in [2.75, 3.05) is 20.1 Å². The van der Waals surface area contributed by atoms with Gasteiger partial charge in [-0.15, -0.1) is 16.8 Å². The predicted molar refractivity (Wildman–Crippen MR) is 101 cm³/mol. The third-order valence-corrected chi connectivity index (χ3v) is 5.24. The molecule has 0 radical (unpaired) electrons. The lowest BCUT2D eigenvalue weighted by Crippen LogP contribution is -2.45. The molecule has 1 aromatic rings. The van der Waals surface area contributed by atoms with Gasteiger partial charge in [0.2, 0.25) is 5.91 Å². The van der Waals surface area contributed by atoms with Gasteiger partial charge in [-0.3, -0.25) is 4.79 Å². The molecule has 0 saturated heterocycles. The van der Waals surface area contributed by atoms with Crippen molar-refractivity contribution in [3.05, 3.63) is 29.8 Å². The summed E-state index contributed by atoms with van der Waals surface area (Å²) < 4.78 is 27.9. The predicted octanol–water partition coefficient (Wildman–Crippen LogP) is 1.12. The van der Waals surface area contributed by atoms with Gasteiger partial charge in [-0.1, -0.05) is 31.9 Å². The number of hydrogen-bond donors (Lipinski definition) is 2. The molecule has 0 saturated carbocycles. The molecular formula is C16H25ClN4O3S. The van der Waals surface area contributed by atoms with E-state index in [1.165, 1.54) is 6.07 Å². The van der Waals surface area contributed by atoms with Crippen LogP contribution >= 0.6 is 12.4 Å². The van der Waals surface area contributed by atoms with Gasteiger partial charge in [0.25, 0.3) is 10.0 Å². The molecule has 0 bridgehead atoms. The number of nitrogens with one attached hydrogen (secondary N) is 1. The van der Waals surface area contributed by atoms with E-state index in [0.29, 0.717) is 17.9 Å². The molecule has 140 valence electrons. The second-order valence-corrected chi connectivity index (χ2v) is 7.46. The van der Waals surface area contributed by atoms with Crippen molar-refractivity contribution in [3.63, 3.8) is 0 Å². The molecule has 1 amide bonds. The summed E-state index contributed by atoms with van der Waals surface area (Å²) >= 11 is 0. The number of amides is 1. The van der Waals surface area contributed by atoms with Gasteiger partial charge in [0, 0.05) is 25.2 Å². The highest BCUT2D eigenvalue weighted by Gasteiger charge is 2.31. The molecule has 0 fully saturated rings. The van der Waals surface area contributed by atoms with E-state index >= 15 is 0 Å². The maximum atomic E-state index is 12.2. The lowest BCUT2D eigenvalue weighted by molar-refractivity contribution is -0.121.